The van der Waals surface area contributed by atoms with Crippen LogP contribution >= 0.6 is 0 Å². The molecule has 25 heavy (non-hydrogen) atoms. The van der Waals surface area contributed by atoms with Crippen LogP contribution in [0.25, 0.3) is 10.8 Å². The minimum Gasteiger partial charge on any atom is -0.384 e. The van der Waals surface area contributed by atoms with Gasteiger partial charge in [0.15, 0.2) is 0 Å². The number of nitrogens with one attached hydrogen (secondary N) is 1. The van der Waals surface area contributed by atoms with Crippen molar-refractivity contribution in [3.8, 4) is 0 Å². The fourth-order valence-electron chi connectivity index (χ4n) is 2.49. The summed E-state index contributed by atoms with van der Waals surface area (Å²) >= 11 is 0. The Bertz CT molecular complexity index is 891. The van der Waals surface area contributed by atoms with E-state index in [2.05, 4.69) is 4.18 Å². The largest absolute Gasteiger partial charge is 0.384 e. The number of carbonyl (C=O) groups is 1. The summed E-state index contributed by atoms with van der Waals surface area (Å²) in [4.78, 5) is 11.6. The minimum absolute atomic E-state index is 0.0245. The van der Waals surface area contributed by atoms with Gasteiger partial charge in [-0.25, -0.2) is 0 Å². The molecule has 0 amide bonds. The number of fused-ring (bicyclic) bond motifs is 1. The first-order valence-electron chi connectivity index (χ1n) is 8.13. The van der Waals surface area contributed by atoms with Crippen LogP contribution in [0, 0.1) is 5.41 Å². The number of hydrogen-bond donors (Lipinski definition) is 2. The second kappa shape index (κ2) is 8.11. The van der Waals surface area contributed by atoms with Crippen molar-refractivity contribution in [3.63, 3.8) is 0 Å². The highest BCUT2D eigenvalue weighted by molar-refractivity contribution is 7.86. The quantitative estimate of drug-likeness (QED) is 0.324. The Balaban J connectivity index is 2.09. The fraction of sp³-hybridized carbons (Fsp3) is 0.333. The molecule has 7 heteroatoms. The van der Waals surface area contributed by atoms with Crippen LogP contribution in [0.5, 0.6) is 0 Å². The number of hydrogen-bond acceptors (Lipinski definition) is 5. The van der Waals surface area contributed by atoms with Crippen LogP contribution in [-0.2, 0) is 24.8 Å². The number of rotatable bonds is 8. The van der Waals surface area contributed by atoms with Gasteiger partial charge in [0.1, 0.15) is 11.6 Å². The number of carbonyl (C=O) groups excluding carboxylic acids is 1. The molecule has 0 aromatic heterocycles. The first-order chi connectivity index (χ1) is 11.8. The van der Waals surface area contributed by atoms with Crippen molar-refractivity contribution in [1.82, 2.24) is 0 Å². The maximum atomic E-state index is 12.0. The topological polar surface area (TPSA) is 110 Å². The van der Waals surface area contributed by atoms with E-state index in [9.17, 15) is 13.2 Å². The molecule has 2 rings (SSSR count). The van der Waals surface area contributed by atoms with Crippen molar-refractivity contribution < 1.29 is 17.4 Å². The third-order valence-corrected chi connectivity index (χ3v) is 4.89. The molecule has 0 bridgehead atoms. The van der Waals surface area contributed by atoms with Crippen molar-refractivity contribution in [2.45, 2.75) is 38.4 Å². The summed E-state index contributed by atoms with van der Waals surface area (Å²) in [6.07, 6.45) is 2.54. The molecule has 2 aromatic carbocycles. The summed E-state index contributed by atoms with van der Waals surface area (Å²) in [5, 5.41) is 9.12. The molecule has 6 nitrogen and oxygen atoms in total. The molecule has 0 atom stereocenters. The SMILES string of the molecule is CCCCCC(=O)OS(=O)(=O)Cc1ccc2cc(C(=N)N)ccc2c1. The zero-order chi connectivity index (χ0) is 18.4. The maximum absolute atomic E-state index is 12.0. The number of benzene rings is 2. The minimum atomic E-state index is -3.96. The first-order valence-corrected chi connectivity index (χ1v) is 9.70. The number of nitrogens with two attached hydrogens (primary N) is 1. The molecule has 0 radical (unpaired) electrons. The van der Waals surface area contributed by atoms with Gasteiger partial charge in [0.2, 0.25) is 0 Å². The Morgan fingerprint density at radius 1 is 1.12 bits per heavy atom. The van der Waals surface area contributed by atoms with E-state index in [1.54, 1.807) is 36.4 Å². The van der Waals surface area contributed by atoms with E-state index < -0.39 is 16.1 Å². The number of amidine groups is 1. The lowest BCUT2D eigenvalue weighted by Crippen LogP contribution is -2.14. The predicted molar refractivity (Wildman–Crippen MR) is 97.8 cm³/mol. The monoisotopic (exact) mass is 362 g/mol. The number of unbranched alkanes of at least 4 members (excludes halogenated alkanes) is 2. The van der Waals surface area contributed by atoms with Crippen molar-refractivity contribution >= 4 is 32.7 Å². The van der Waals surface area contributed by atoms with Gasteiger partial charge in [0, 0.05) is 12.0 Å². The van der Waals surface area contributed by atoms with Gasteiger partial charge in [-0.3, -0.25) is 10.2 Å². The highest BCUT2D eigenvalue weighted by Crippen LogP contribution is 2.20. The average Bonchev–Trinajstić information content (AvgIpc) is 2.53. The van der Waals surface area contributed by atoms with E-state index in [-0.39, 0.29) is 18.0 Å². The summed E-state index contributed by atoms with van der Waals surface area (Å²) in [6, 6.07) is 10.4. The molecular formula is C18H22N2O4S. The van der Waals surface area contributed by atoms with Gasteiger partial charge in [-0.05, 0) is 28.8 Å². The molecule has 134 valence electrons. The van der Waals surface area contributed by atoms with Gasteiger partial charge in [-0.1, -0.05) is 50.1 Å². The zero-order valence-corrected chi connectivity index (χ0v) is 14.9. The van der Waals surface area contributed by atoms with Crippen molar-refractivity contribution in [3.05, 3.63) is 47.5 Å². The lowest BCUT2D eigenvalue weighted by molar-refractivity contribution is -0.133. The molecule has 0 saturated carbocycles. The van der Waals surface area contributed by atoms with Crippen LogP contribution in [0.4, 0.5) is 0 Å². The lowest BCUT2D eigenvalue weighted by atomic mass is 10.0. The molecule has 0 aliphatic heterocycles. The highest BCUT2D eigenvalue weighted by atomic mass is 32.2. The molecular weight excluding hydrogens is 340 g/mol. The Morgan fingerprint density at radius 2 is 1.80 bits per heavy atom. The summed E-state index contributed by atoms with van der Waals surface area (Å²) in [6.45, 7) is 2.00. The van der Waals surface area contributed by atoms with E-state index in [0.29, 0.717) is 17.5 Å². The Labute approximate surface area is 147 Å². The fourth-order valence-corrected chi connectivity index (χ4v) is 3.50. The first kappa shape index (κ1) is 18.9. The molecule has 3 N–H and O–H groups in total. The van der Waals surface area contributed by atoms with Crippen LogP contribution in [0.15, 0.2) is 36.4 Å². The van der Waals surface area contributed by atoms with E-state index in [4.69, 9.17) is 11.1 Å². The Hall–Kier alpha value is -2.41. The Morgan fingerprint density at radius 3 is 2.48 bits per heavy atom. The van der Waals surface area contributed by atoms with Gasteiger partial charge in [-0.15, -0.1) is 0 Å². The predicted octanol–water partition coefficient (Wildman–Crippen LogP) is 3.08. The molecule has 0 unspecified atom stereocenters. The van der Waals surface area contributed by atoms with Gasteiger partial charge in [0.25, 0.3) is 0 Å². The molecule has 0 aliphatic rings. The summed E-state index contributed by atoms with van der Waals surface area (Å²) in [5.41, 5.74) is 6.60. The van der Waals surface area contributed by atoms with Crippen LogP contribution in [0.2, 0.25) is 0 Å². The lowest BCUT2D eigenvalue weighted by Gasteiger charge is -2.07. The van der Waals surface area contributed by atoms with Gasteiger partial charge >= 0.3 is 16.1 Å². The van der Waals surface area contributed by atoms with Crippen LogP contribution in [-0.4, -0.2) is 20.2 Å². The molecule has 2 aromatic rings. The smallest absolute Gasteiger partial charge is 0.322 e. The standard InChI is InChI=1S/C18H22N2O4S/c1-2-3-4-5-17(21)24-25(22,23)12-13-6-7-15-11-16(18(19)20)9-8-14(15)10-13/h6-11H,2-5,12H2,1H3,(H3,19,20). The van der Waals surface area contributed by atoms with Crippen molar-refractivity contribution in [2.24, 2.45) is 5.73 Å². The second-order valence-corrected chi connectivity index (χ2v) is 7.50. The van der Waals surface area contributed by atoms with Crippen LogP contribution in [0.3, 0.4) is 0 Å². The second-order valence-electron chi connectivity index (χ2n) is 5.92. The molecule has 0 saturated heterocycles. The maximum Gasteiger partial charge on any atom is 0.322 e. The summed E-state index contributed by atoms with van der Waals surface area (Å²) in [7, 11) is -3.96. The van der Waals surface area contributed by atoms with Gasteiger partial charge in [-0.2, -0.15) is 8.42 Å². The van der Waals surface area contributed by atoms with Crippen molar-refractivity contribution in [2.75, 3.05) is 0 Å². The number of nitrogen functional groups attached to an aromatic ring is 1. The van der Waals surface area contributed by atoms with Gasteiger partial charge < -0.3 is 9.92 Å². The van der Waals surface area contributed by atoms with E-state index >= 15 is 0 Å². The van der Waals surface area contributed by atoms with Crippen molar-refractivity contribution in [1.29, 1.82) is 5.41 Å². The van der Waals surface area contributed by atoms with Crippen LogP contribution in [0.1, 0.15) is 43.7 Å². The zero-order valence-electron chi connectivity index (χ0n) is 14.1. The third kappa shape index (κ3) is 5.56. The summed E-state index contributed by atoms with van der Waals surface area (Å²) < 4.78 is 28.7. The highest BCUT2D eigenvalue weighted by Gasteiger charge is 2.18. The molecule has 0 spiro atoms. The van der Waals surface area contributed by atoms with Gasteiger partial charge in [0.05, 0.1) is 0 Å². The molecule has 0 heterocycles. The third-order valence-electron chi connectivity index (χ3n) is 3.76. The van der Waals surface area contributed by atoms with E-state index in [1.807, 2.05) is 6.92 Å². The molecule has 0 fully saturated rings. The van der Waals surface area contributed by atoms with Crippen LogP contribution < -0.4 is 5.73 Å². The van der Waals surface area contributed by atoms with E-state index in [1.165, 1.54) is 0 Å². The summed E-state index contributed by atoms with van der Waals surface area (Å²) in [5.74, 6) is -1.10. The Kier molecular flexibility index (Phi) is 6.14. The average molecular weight is 362 g/mol. The normalized spacial score (nSPS) is 11.4. The molecule has 0 aliphatic carbocycles. The van der Waals surface area contributed by atoms with E-state index in [0.717, 1.165) is 23.6 Å².